The predicted octanol–water partition coefficient (Wildman–Crippen LogP) is 4.81. The first-order valence-corrected chi connectivity index (χ1v) is 10.3. The molecule has 1 aliphatic heterocycles. The van der Waals surface area contributed by atoms with E-state index in [0.717, 1.165) is 49.8 Å². The van der Waals surface area contributed by atoms with Gasteiger partial charge in [0.15, 0.2) is 11.5 Å². The number of aryl methyl sites for hydroxylation is 2. The Labute approximate surface area is 168 Å². The van der Waals surface area contributed by atoms with Gasteiger partial charge < -0.3 is 9.47 Å². The highest BCUT2D eigenvalue weighted by Gasteiger charge is 2.24. The number of aromatic nitrogens is 2. The molecule has 6 heteroatoms. The topological polar surface area (TPSA) is 53.4 Å². The smallest absolute Gasteiger partial charge is 0.262 e. The number of ether oxygens (including phenoxy) is 2. The van der Waals surface area contributed by atoms with Gasteiger partial charge in [0.1, 0.15) is 10.7 Å². The Morgan fingerprint density at radius 1 is 1.29 bits per heavy atom. The van der Waals surface area contributed by atoms with Crippen molar-refractivity contribution in [2.75, 3.05) is 7.11 Å². The van der Waals surface area contributed by atoms with Crippen LogP contribution in [0.2, 0.25) is 0 Å². The Morgan fingerprint density at radius 3 is 2.79 bits per heavy atom. The van der Waals surface area contributed by atoms with Gasteiger partial charge in [0.25, 0.3) is 5.56 Å². The molecule has 1 aliphatic rings. The molecule has 5 nitrogen and oxygen atoms in total. The number of benzene rings is 1. The van der Waals surface area contributed by atoms with Crippen molar-refractivity contribution >= 4 is 33.2 Å². The summed E-state index contributed by atoms with van der Waals surface area (Å²) in [5.74, 6) is 2.18. The average molecular weight is 397 g/mol. The van der Waals surface area contributed by atoms with Crippen LogP contribution < -0.4 is 15.0 Å². The summed E-state index contributed by atoms with van der Waals surface area (Å²) in [5, 5.41) is 0.762. The molecule has 3 heterocycles. The van der Waals surface area contributed by atoms with Gasteiger partial charge in [-0.2, -0.15) is 0 Å². The van der Waals surface area contributed by atoms with Crippen molar-refractivity contribution in [1.82, 2.24) is 9.55 Å². The van der Waals surface area contributed by atoms with Crippen molar-refractivity contribution < 1.29 is 9.47 Å². The highest BCUT2D eigenvalue weighted by molar-refractivity contribution is 7.18. The second kappa shape index (κ2) is 7.09. The van der Waals surface area contributed by atoms with Gasteiger partial charge in [-0.25, -0.2) is 4.98 Å². The molecule has 0 saturated carbocycles. The summed E-state index contributed by atoms with van der Waals surface area (Å²) in [6.07, 6.45) is 2.88. The maximum Gasteiger partial charge on any atom is 0.262 e. The molecular formula is C22H24N2O3S. The van der Waals surface area contributed by atoms with E-state index in [0.29, 0.717) is 12.3 Å². The van der Waals surface area contributed by atoms with Gasteiger partial charge in [-0.05, 0) is 57.4 Å². The lowest BCUT2D eigenvalue weighted by atomic mass is 10.1. The number of hydrogen-bond acceptors (Lipinski definition) is 5. The molecule has 0 N–H and O–H groups in total. The Balaban J connectivity index is 1.87. The summed E-state index contributed by atoms with van der Waals surface area (Å²) in [6, 6.07) is 5.85. The predicted molar refractivity (Wildman–Crippen MR) is 115 cm³/mol. The third kappa shape index (κ3) is 3.02. The van der Waals surface area contributed by atoms with Crippen LogP contribution in [0.3, 0.4) is 0 Å². The standard InChI is InChI=1S/C22H24N2O3S/c1-12(2)27-19-15(7-6-8-17(19)26-5)11-16-9-10-24-20(16)23-21-18(22(24)25)13(3)14(4)28-21/h6-8,11-12H,9-10H2,1-5H3/b16-11+. The molecule has 28 heavy (non-hydrogen) atoms. The van der Waals surface area contributed by atoms with Gasteiger partial charge in [0.05, 0.1) is 18.6 Å². The zero-order valence-electron chi connectivity index (χ0n) is 16.8. The molecule has 2 aromatic heterocycles. The van der Waals surface area contributed by atoms with E-state index in [1.807, 2.05) is 45.9 Å². The monoisotopic (exact) mass is 396 g/mol. The number of allylic oxidation sites excluding steroid dienone is 1. The molecule has 3 aromatic rings. The van der Waals surface area contributed by atoms with Crippen LogP contribution in [0.5, 0.6) is 11.5 Å². The minimum Gasteiger partial charge on any atom is -0.493 e. The first-order valence-electron chi connectivity index (χ1n) is 9.45. The van der Waals surface area contributed by atoms with Crippen LogP contribution in [0.4, 0.5) is 0 Å². The summed E-state index contributed by atoms with van der Waals surface area (Å²) in [6.45, 7) is 8.68. The third-order valence-electron chi connectivity index (χ3n) is 5.09. The molecule has 0 amide bonds. The second-order valence-electron chi connectivity index (χ2n) is 7.32. The highest BCUT2D eigenvalue weighted by Crippen LogP contribution is 2.37. The van der Waals surface area contributed by atoms with E-state index >= 15 is 0 Å². The minimum absolute atomic E-state index is 0.0294. The van der Waals surface area contributed by atoms with Crippen LogP contribution >= 0.6 is 11.3 Å². The lowest BCUT2D eigenvalue weighted by Crippen LogP contribution is -2.20. The quantitative estimate of drug-likeness (QED) is 0.635. The molecular weight excluding hydrogens is 372 g/mol. The Hall–Kier alpha value is -2.60. The van der Waals surface area contributed by atoms with Crippen LogP contribution in [0.15, 0.2) is 23.0 Å². The number of methoxy groups -OCH3 is 1. The van der Waals surface area contributed by atoms with E-state index in [-0.39, 0.29) is 11.7 Å². The molecule has 0 spiro atoms. The largest absolute Gasteiger partial charge is 0.493 e. The van der Waals surface area contributed by atoms with E-state index in [1.165, 1.54) is 0 Å². The van der Waals surface area contributed by atoms with Gasteiger partial charge in [-0.1, -0.05) is 12.1 Å². The van der Waals surface area contributed by atoms with Gasteiger partial charge in [0.2, 0.25) is 0 Å². The van der Waals surface area contributed by atoms with E-state index < -0.39 is 0 Å². The van der Waals surface area contributed by atoms with Gasteiger partial charge in [-0.15, -0.1) is 11.3 Å². The molecule has 1 aromatic carbocycles. The van der Waals surface area contributed by atoms with Crippen molar-refractivity contribution in [2.24, 2.45) is 0 Å². The number of rotatable bonds is 4. The van der Waals surface area contributed by atoms with Gasteiger partial charge >= 0.3 is 0 Å². The zero-order valence-corrected chi connectivity index (χ0v) is 17.6. The summed E-state index contributed by atoms with van der Waals surface area (Å²) < 4.78 is 13.3. The average Bonchev–Trinajstić information content (AvgIpc) is 3.18. The lowest BCUT2D eigenvalue weighted by molar-refractivity contribution is 0.229. The maximum atomic E-state index is 13.0. The molecule has 0 aliphatic carbocycles. The number of thiophene rings is 1. The van der Waals surface area contributed by atoms with E-state index in [2.05, 4.69) is 6.08 Å². The molecule has 0 saturated heterocycles. The minimum atomic E-state index is 0.0294. The molecule has 0 radical (unpaired) electrons. The first-order chi connectivity index (χ1) is 13.4. The SMILES string of the molecule is COc1cccc(/C=C2\CCn3c2nc2sc(C)c(C)c2c3=O)c1OC(C)C. The molecule has 146 valence electrons. The second-order valence-corrected chi connectivity index (χ2v) is 8.52. The Kier molecular flexibility index (Phi) is 4.75. The molecule has 0 fully saturated rings. The van der Waals surface area contributed by atoms with Crippen molar-refractivity contribution in [3.63, 3.8) is 0 Å². The Morgan fingerprint density at radius 2 is 2.07 bits per heavy atom. The van der Waals surface area contributed by atoms with Crippen molar-refractivity contribution in [3.8, 4) is 11.5 Å². The zero-order chi connectivity index (χ0) is 20.0. The first kappa shape index (κ1) is 18.7. The molecule has 0 unspecified atom stereocenters. The van der Waals surface area contributed by atoms with Crippen molar-refractivity contribution in [1.29, 1.82) is 0 Å². The third-order valence-corrected chi connectivity index (χ3v) is 6.19. The summed E-state index contributed by atoms with van der Waals surface area (Å²) >= 11 is 1.59. The number of para-hydroxylation sites is 1. The van der Waals surface area contributed by atoms with Crippen molar-refractivity contribution in [2.45, 2.75) is 46.8 Å². The van der Waals surface area contributed by atoms with Crippen LogP contribution in [-0.4, -0.2) is 22.8 Å². The van der Waals surface area contributed by atoms with Crippen LogP contribution in [-0.2, 0) is 6.54 Å². The normalized spacial score (nSPS) is 14.9. The number of fused-ring (bicyclic) bond motifs is 2. The van der Waals surface area contributed by atoms with E-state index in [9.17, 15) is 4.79 Å². The number of nitrogens with zero attached hydrogens (tertiary/aromatic N) is 2. The number of hydrogen-bond donors (Lipinski definition) is 0. The fraction of sp³-hybridized carbons (Fsp3) is 0.364. The van der Waals surface area contributed by atoms with Gasteiger partial charge in [-0.3, -0.25) is 9.36 Å². The Bertz CT molecular complexity index is 1150. The highest BCUT2D eigenvalue weighted by atomic mass is 32.1. The van der Waals surface area contributed by atoms with Crippen LogP contribution in [0, 0.1) is 13.8 Å². The van der Waals surface area contributed by atoms with Crippen molar-refractivity contribution in [3.05, 3.63) is 50.4 Å². The summed E-state index contributed by atoms with van der Waals surface area (Å²) in [4.78, 5) is 19.8. The van der Waals surface area contributed by atoms with Crippen LogP contribution in [0.1, 0.15) is 42.1 Å². The van der Waals surface area contributed by atoms with E-state index in [4.69, 9.17) is 14.5 Å². The molecule has 0 bridgehead atoms. The maximum absolute atomic E-state index is 13.0. The summed E-state index contributed by atoms with van der Waals surface area (Å²) in [7, 11) is 1.64. The fourth-order valence-electron chi connectivity index (χ4n) is 3.62. The van der Waals surface area contributed by atoms with E-state index in [1.54, 1.807) is 23.0 Å². The molecule has 0 atom stereocenters. The van der Waals surface area contributed by atoms with Crippen LogP contribution in [0.25, 0.3) is 21.9 Å². The molecule has 4 rings (SSSR count). The fourth-order valence-corrected chi connectivity index (χ4v) is 4.64. The van der Waals surface area contributed by atoms with Gasteiger partial charge in [0, 0.05) is 17.0 Å². The lowest BCUT2D eigenvalue weighted by Gasteiger charge is -2.16. The summed E-state index contributed by atoms with van der Waals surface area (Å²) in [5.41, 5.74) is 3.09.